The van der Waals surface area contributed by atoms with Gasteiger partial charge in [-0.3, -0.25) is 0 Å². The number of hydrogen-bond donors (Lipinski definition) is 1. The maximum Gasteiger partial charge on any atom is 0.169 e. The number of nitrogens with one attached hydrogen (secondary N) is 1. The molecule has 108 valence electrons. The van der Waals surface area contributed by atoms with Crippen LogP contribution in [0.3, 0.4) is 0 Å². The van der Waals surface area contributed by atoms with Crippen LogP contribution in [-0.2, 0) is 13.0 Å². The van der Waals surface area contributed by atoms with Crippen LogP contribution in [0, 0.1) is 0 Å². The Bertz CT molecular complexity index is 693. The molecule has 5 heteroatoms. The van der Waals surface area contributed by atoms with Crippen molar-refractivity contribution in [3.8, 4) is 10.6 Å². The van der Waals surface area contributed by atoms with Crippen LogP contribution in [0.5, 0.6) is 0 Å². The molecule has 21 heavy (non-hydrogen) atoms. The number of halogens is 1. The number of rotatable bonds is 6. The first-order chi connectivity index (χ1) is 10.3. The summed E-state index contributed by atoms with van der Waals surface area (Å²) in [4.78, 5) is 5.48. The summed E-state index contributed by atoms with van der Waals surface area (Å²) >= 11 is 4.97. The molecule has 0 fully saturated rings. The Morgan fingerprint density at radius 2 is 2.00 bits per heavy atom. The number of furan rings is 1. The molecule has 0 saturated carbocycles. The van der Waals surface area contributed by atoms with Crippen molar-refractivity contribution in [3.05, 3.63) is 63.9 Å². The predicted octanol–water partition coefficient (Wildman–Crippen LogP) is 4.50. The summed E-state index contributed by atoms with van der Waals surface area (Å²) in [5.41, 5.74) is 1.35. The molecule has 0 spiro atoms. The van der Waals surface area contributed by atoms with E-state index in [-0.39, 0.29) is 0 Å². The summed E-state index contributed by atoms with van der Waals surface area (Å²) in [5, 5.41) is 4.50. The van der Waals surface area contributed by atoms with Crippen molar-refractivity contribution in [3.63, 3.8) is 0 Å². The third-order valence-electron chi connectivity index (χ3n) is 3.08. The lowest BCUT2D eigenvalue weighted by molar-refractivity contribution is 0.557. The second-order valence-electron chi connectivity index (χ2n) is 4.63. The monoisotopic (exact) mass is 362 g/mol. The maximum absolute atomic E-state index is 5.53. The van der Waals surface area contributed by atoms with Gasteiger partial charge in [0, 0.05) is 12.7 Å². The van der Waals surface area contributed by atoms with E-state index >= 15 is 0 Å². The van der Waals surface area contributed by atoms with E-state index < -0.39 is 0 Å². The number of aromatic nitrogens is 1. The van der Waals surface area contributed by atoms with Gasteiger partial charge in [-0.2, -0.15) is 0 Å². The molecule has 0 bridgehead atoms. The molecule has 3 aromatic rings. The summed E-state index contributed by atoms with van der Waals surface area (Å²) in [5.74, 6) is 0.856. The van der Waals surface area contributed by atoms with Crippen molar-refractivity contribution >= 4 is 27.3 Å². The second-order valence-corrected chi connectivity index (χ2v) is 6.53. The lowest BCUT2D eigenvalue weighted by Gasteiger charge is -2.02. The second kappa shape index (κ2) is 7.02. The Kier molecular flexibility index (Phi) is 4.85. The van der Waals surface area contributed by atoms with Gasteiger partial charge in [-0.05, 0) is 46.6 Å². The SMILES string of the molecule is Brc1ccc(-c2cnc(CNCCc3ccccc3)s2)o1. The zero-order valence-corrected chi connectivity index (χ0v) is 13.8. The fraction of sp³-hybridized carbons (Fsp3) is 0.188. The average molecular weight is 363 g/mol. The number of benzene rings is 1. The van der Waals surface area contributed by atoms with Gasteiger partial charge in [-0.15, -0.1) is 11.3 Å². The summed E-state index contributed by atoms with van der Waals surface area (Å²) in [6.45, 7) is 1.74. The van der Waals surface area contributed by atoms with Crippen LogP contribution >= 0.6 is 27.3 Å². The van der Waals surface area contributed by atoms with Gasteiger partial charge >= 0.3 is 0 Å². The lowest BCUT2D eigenvalue weighted by Crippen LogP contribution is -2.16. The Hall–Kier alpha value is -1.43. The normalized spacial score (nSPS) is 10.9. The van der Waals surface area contributed by atoms with Crippen LogP contribution in [0.15, 0.2) is 57.7 Å². The first-order valence-corrected chi connectivity index (χ1v) is 8.37. The first kappa shape index (κ1) is 14.5. The fourth-order valence-corrected chi connectivity index (χ4v) is 3.18. The Morgan fingerprint density at radius 3 is 2.76 bits per heavy atom. The van der Waals surface area contributed by atoms with Crippen LogP contribution in [0.25, 0.3) is 10.6 Å². The minimum absolute atomic E-state index is 0.744. The van der Waals surface area contributed by atoms with Gasteiger partial charge in [0.25, 0.3) is 0 Å². The van der Waals surface area contributed by atoms with E-state index in [9.17, 15) is 0 Å². The van der Waals surface area contributed by atoms with Gasteiger partial charge in [-0.25, -0.2) is 4.98 Å². The largest absolute Gasteiger partial charge is 0.448 e. The number of nitrogens with zero attached hydrogens (tertiary/aromatic N) is 1. The number of thiazole rings is 1. The van der Waals surface area contributed by atoms with Crippen molar-refractivity contribution in [1.82, 2.24) is 10.3 Å². The molecule has 0 aliphatic heterocycles. The molecule has 0 aliphatic rings. The molecule has 0 saturated heterocycles. The Morgan fingerprint density at radius 1 is 1.14 bits per heavy atom. The summed E-state index contributed by atoms with van der Waals surface area (Å²) in [6, 6.07) is 14.3. The highest BCUT2D eigenvalue weighted by atomic mass is 79.9. The van der Waals surface area contributed by atoms with Gasteiger partial charge in [-0.1, -0.05) is 30.3 Å². The van der Waals surface area contributed by atoms with Crippen LogP contribution < -0.4 is 5.32 Å². The summed E-state index contributed by atoms with van der Waals surface area (Å²) in [6.07, 6.45) is 2.90. The molecule has 1 aromatic carbocycles. The quantitative estimate of drug-likeness (QED) is 0.656. The highest BCUT2D eigenvalue weighted by Crippen LogP contribution is 2.29. The standard InChI is InChI=1S/C16H15BrN2OS/c17-15-7-6-13(20-15)14-10-19-16(21-14)11-18-9-8-12-4-2-1-3-5-12/h1-7,10,18H,8-9,11H2. The third kappa shape index (κ3) is 4.03. The third-order valence-corrected chi connectivity index (χ3v) is 4.52. The smallest absolute Gasteiger partial charge is 0.169 e. The van der Waals surface area contributed by atoms with Gasteiger partial charge in [0.1, 0.15) is 10.8 Å². The Balaban J connectivity index is 1.49. The van der Waals surface area contributed by atoms with Crippen molar-refractivity contribution in [2.75, 3.05) is 6.54 Å². The van der Waals surface area contributed by atoms with Gasteiger partial charge in [0.05, 0.1) is 4.88 Å². The highest BCUT2D eigenvalue weighted by Gasteiger charge is 2.07. The fourth-order valence-electron chi connectivity index (χ4n) is 2.03. The first-order valence-electron chi connectivity index (χ1n) is 6.76. The molecule has 0 aliphatic carbocycles. The van der Waals surface area contributed by atoms with Crippen LogP contribution in [0.1, 0.15) is 10.6 Å². The molecule has 3 rings (SSSR count). The van der Waals surface area contributed by atoms with E-state index in [2.05, 4.69) is 50.5 Å². The van der Waals surface area contributed by atoms with Gasteiger partial charge in [0.2, 0.25) is 0 Å². The van der Waals surface area contributed by atoms with E-state index in [1.165, 1.54) is 5.56 Å². The Labute approximate surface area is 136 Å². The molecular formula is C16H15BrN2OS. The molecule has 0 amide bonds. The summed E-state index contributed by atoms with van der Waals surface area (Å²) < 4.78 is 6.28. The molecule has 3 nitrogen and oxygen atoms in total. The average Bonchev–Trinajstić information content (AvgIpc) is 3.13. The molecule has 0 radical (unpaired) electrons. The van der Waals surface area contributed by atoms with E-state index in [1.54, 1.807) is 11.3 Å². The van der Waals surface area contributed by atoms with Crippen molar-refractivity contribution in [2.45, 2.75) is 13.0 Å². The zero-order chi connectivity index (χ0) is 14.5. The van der Waals surface area contributed by atoms with Crippen molar-refractivity contribution in [1.29, 1.82) is 0 Å². The maximum atomic E-state index is 5.53. The van der Waals surface area contributed by atoms with Crippen LogP contribution in [-0.4, -0.2) is 11.5 Å². The lowest BCUT2D eigenvalue weighted by atomic mass is 10.1. The van der Waals surface area contributed by atoms with Crippen LogP contribution in [0.2, 0.25) is 0 Å². The van der Waals surface area contributed by atoms with E-state index in [0.29, 0.717) is 0 Å². The van der Waals surface area contributed by atoms with E-state index in [1.807, 2.05) is 24.4 Å². The molecule has 1 N–H and O–H groups in total. The van der Waals surface area contributed by atoms with Gasteiger partial charge < -0.3 is 9.73 Å². The van der Waals surface area contributed by atoms with Gasteiger partial charge in [0.15, 0.2) is 4.67 Å². The molecule has 2 aromatic heterocycles. The van der Waals surface area contributed by atoms with Crippen molar-refractivity contribution in [2.24, 2.45) is 0 Å². The van der Waals surface area contributed by atoms with E-state index in [4.69, 9.17) is 4.42 Å². The molecule has 0 unspecified atom stereocenters. The molecule has 2 heterocycles. The predicted molar refractivity (Wildman–Crippen MR) is 89.4 cm³/mol. The zero-order valence-electron chi connectivity index (χ0n) is 11.4. The minimum Gasteiger partial charge on any atom is -0.448 e. The van der Waals surface area contributed by atoms with Crippen LogP contribution in [0.4, 0.5) is 0 Å². The van der Waals surface area contributed by atoms with E-state index in [0.717, 1.165) is 39.8 Å². The van der Waals surface area contributed by atoms with Crippen molar-refractivity contribution < 1.29 is 4.42 Å². The number of hydrogen-bond acceptors (Lipinski definition) is 4. The molecular weight excluding hydrogens is 348 g/mol. The minimum atomic E-state index is 0.744. The summed E-state index contributed by atoms with van der Waals surface area (Å²) in [7, 11) is 0. The topological polar surface area (TPSA) is 38.1 Å². The molecule has 0 atom stereocenters. The highest BCUT2D eigenvalue weighted by molar-refractivity contribution is 9.10.